The highest BCUT2D eigenvalue weighted by molar-refractivity contribution is 6.44. The molecule has 0 bridgehead atoms. The predicted molar refractivity (Wildman–Crippen MR) is 116 cm³/mol. The molecule has 6 heteroatoms. The van der Waals surface area contributed by atoms with Crippen LogP contribution in [0.3, 0.4) is 0 Å². The number of rotatable bonds is 8. The Hall–Kier alpha value is -2.50. The van der Waals surface area contributed by atoms with Gasteiger partial charge in [-0.15, -0.1) is 0 Å². The normalized spacial score (nSPS) is 15.7. The molecule has 1 aromatic rings. The summed E-state index contributed by atoms with van der Waals surface area (Å²) in [5.74, 6) is -2.04. The Morgan fingerprint density at radius 2 is 1.27 bits per heavy atom. The Bertz CT molecular complexity index is 769. The van der Waals surface area contributed by atoms with E-state index >= 15 is 0 Å². The Morgan fingerprint density at radius 3 is 1.73 bits per heavy atom. The number of nitrogens with one attached hydrogen (secondary N) is 1. The summed E-state index contributed by atoms with van der Waals surface area (Å²) in [5, 5.41) is 2.83. The molecular formula is C24H34N2O4. The molecule has 1 N–H and O–H groups in total. The minimum absolute atomic E-state index is 0.0433. The van der Waals surface area contributed by atoms with Crippen LogP contribution in [0.5, 0.6) is 0 Å². The van der Waals surface area contributed by atoms with E-state index in [0.29, 0.717) is 5.92 Å². The van der Waals surface area contributed by atoms with Crippen molar-refractivity contribution in [1.82, 2.24) is 10.2 Å². The van der Waals surface area contributed by atoms with Crippen LogP contribution in [0.4, 0.5) is 0 Å². The third kappa shape index (κ3) is 5.77. The van der Waals surface area contributed by atoms with Crippen LogP contribution < -0.4 is 5.32 Å². The fourth-order valence-corrected chi connectivity index (χ4v) is 4.23. The lowest BCUT2D eigenvalue weighted by atomic mass is 9.84. The van der Waals surface area contributed by atoms with Gasteiger partial charge in [-0.1, -0.05) is 43.5 Å². The quantitative estimate of drug-likeness (QED) is 0.518. The van der Waals surface area contributed by atoms with Crippen LogP contribution in [0.2, 0.25) is 0 Å². The summed E-state index contributed by atoms with van der Waals surface area (Å²) in [6.45, 7) is 9.39. The second kappa shape index (κ2) is 10.5. The SMILES string of the molecule is CC(C)N(C(=O)C(=O)c1ccc(C(=O)C(=O)N[C@H](C)C2CCCCC2)cc1)C(C)C. The number of nitrogens with zero attached hydrogens (tertiary/aromatic N) is 1. The Kier molecular flexibility index (Phi) is 8.33. The molecule has 0 aliphatic heterocycles. The number of carbonyl (C=O) groups is 4. The standard InChI is InChI=1S/C24H34N2O4/c1-15(2)26(16(3)4)24(30)22(28)20-13-11-19(12-14-20)21(27)23(29)25-17(5)18-9-7-6-8-10-18/h11-18H,6-10H2,1-5H3,(H,25,29)/t17-/m1/s1. The highest BCUT2D eigenvalue weighted by atomic mass is 16.2. The van der Waals surface area contributed by atoms with Crippen LogP contribution >= 0.6 is 0 Å². The van der Waals surface area contributed by atoms with E-state index in [-0.39, 0.29) is 29.3 Å². The molecule has 0 aromatic heterocycles. The first kappa shape index (κ1) is 23.8. The summed E-state index contributed by atoms with van der Waals surface area (Å²) in [4.78, 5) is 51.5. The van der Waals surface area contributed by atoms with E-state index in [2.05, 4.69) is 5.32 Å². The average molecular weight is 415 g/mol. The molecule has 1 aliphatic carbocycles. The van der Waals surface area contributed by atoms with Crippen LogP contribution in [0.25, 0.3) is 0 Å². The van der Waals surface area contributed by atoms with Gasteiger partial charge in [0, 0.05) is 29.3 Å². The summed E-state index contributed by atoms with van der Waals surface area (Å²) in [7, 11) is 0. The summed E-state index contributed by atoms with van der Waals surface area (Å²) in [6, 6.07) is 5.49. The Balaban J connectivity index is 2.03. The summed E-state index contributed by atoms with van der Waals surface area (Å²) < 4.78 is 0. The maximum absolute atomic E-state index is 12.6. The lowest BCUT2D eigenvalue weighted by molar-refractivity contribution is -0.129. The molecule has 1 aromatic carbocycles. The van der Waals surface area contributed by atoms with Crippen molar-refractivity contribution < 1.29 is 19.2 Å². The van der Waals surface area contributed by atoms with Crippen molar-refractivity contribution in [2.45, 2.75) is 84.8 Å². The fraction of sp³-hybridized carbons (Fsp3) is 0.583. The van der Waals surface area contributed by atoms with Gasteiger partial charge in [-0.3, -0.25) is 19.2 Å². The summed E-state index contributed by atoms with van der Waals surface area (Å²) in [5.41, 5.74) is 0.413. The molecule has 2 amide bonds. The minimum atomic E-state index is -0.631. The first-order chi connectivity index (χ1) is 14.1. The summed E-state index contributed by atoms with van der Waals surface area (Å²) >= 11 is 0. The van der Waals surface area contributed by atoms with Gasteiger partial charge in [0.25, 0.3) is 11.8 Å². The van der Waals surface area contributed by atoms with Crippen molar-refractivity contribution in [3.8, 4) is 0 Å². The van der Waals surface area contributed by atoms with Gasteiger partial charge in [-0.2, -0.15) is 0 Å². The van der Waals surface area contributed by atoms with Gasteiger partial charge in [0.2, 0.25) is 11.6 Å². The largest absolute Gasteiger partial charge is 0.346 e. The van der Waals surface area contributed by atoms with Gasteiger partial charge < -0.3 is 10.2 Å². The van der Waals surface area contributed by atoms with Crippen molar-refractivity contribution >= 4 is 23.4 Å². The molecule has 0 radical (unpaired) electrons. The van der Waals surface area contributed by atoms with Gasteiger partial charge in [-0.05, 0) is 53.4 Å². The molecule has 1 atom stereocenters. The number of hydrogen-bond acceptors (Lipinski definition) is 4. The zero-order chi connectivity index (χ0) is 22.4. The van der Waals surface area contributed by atoms with E-state index in [4.69, 9.17) is 0 Å². The van der Waals surface area contributed by atoms with Crippen molar-refractivity contribution in [1.29, 1.82) is 0 Å². The summed E-state index contributed by atoms with van der Waals surface area (Å²) in [6.07, 6.45) is 5.71. The molecule has 0 unspecified atom stereocenters. The second-order valence-electron chi connectivity index (χ2n) is 8.80. The first-order valence-corrected chi connectivity index (χ1v) is 11.0. The van der Waals surface area contributed by atoms with Crippen LogP contribution in [0.1, 0.15) is 87.4 Å². The highest BCUT2D eigenvalue weighted by Gasteiger charge is 2.28. The van der Waals surface area contributed by atoms with Crippen LogP contribution in [-0.4, -0.2) is 46.4 Å². The molecule has 30 heavy (non-hydrogen) atoms. The topological polar surface area (TPSA) is 83.6 Å². The van der Waals surface area contributed by atoms with Crippen molar-refractivity contribution in [3.63, 3.8) is 0 Å². The highest BCUT2D eigenvalue weighted by Crippen LogP contribution is 2.26. The van der Waals surface area contributed by atoms with Crippen molar-refractivity contribution in [3.05, 3.63) is 35.4 Å². The monoisotopic (exact) mass is 414 g/mol. The molecule has 6 nitrogen and oxygen atoms in total. The molecule has 2 rings (SSSR count). The van der Waals surface area contributed by atoms with Crippen LogP contribution in [0.15, 0.2) is 24.3 Å². The zero-order valence-corrected chi connectivity index (χ0v) is 18.7. The van der Waals surface area contributed by atoms with Crippen LogP contribution in [0, 0.1) is 5.92 Å². The minimum Gasteiger partial charge on any atom is -0.346 e. The van der Waals surface area contributed by atoms with E-state index in [1.165, 1.54) is 35.6 Å². The van der Waals surface area contributed by atoms with Gasteiger partial charge in [-0.25, -0.2) is 0 Å². The zero-order valence-electron chi connectivity index (χ0n) is 18.7. The molecular weight excluding hydrogens is 380 g/mol. The first-order valence-electron chi connectivity index (χ1n) is 11.0. The number of benzene rings is 1. The van der Waals surface area contributed by atoms with E-state index < -0.39 is 23.4 Å². The molecule has 0 heterocycles. The number of amides is 2. The van der Waals surface area contributed by atoms with E-state index in [1.807, 2.05) is 34.6 Å². The third-order valence-electron chi connectivity index (χ3n) is 5.87. The van der Waals surface area contributed by atoms with Gasteiger partial charge in [0.05, 0.1) is 0 Å². The van der Waals surface area contributed by atoms with E-state index in [1.54, 1.807) is 0 Å². The number of carbonyl (C=O) groups excluding carboxylic acids is 4. The maximum atomic E-state index is 12.6. The second-order valence-corrected chi connectivity index (χ2v) is 8.80. The Morgan fingerprint density at radius 1 is 0.800 bits per heavy atom. The lowest BCUT2D eigenvalue weighted by Crippen LogP contribution is -2.45. The van der Waals surface area contributed by atoms with E-state index in [9.17, 15) is 19.2 Å². The maximum Gasteiger partial charge on any atom is 0.295 e. The number of hydrogen-bond donors (Lipinski definition) is 1. The molecule has 164 valence electrons. The number of Topliss-reactive ketones (excluding diaryl/α,β-unsaturated/α-hetero) is 2. The third-order valence-corrected chi connectivity index (χ3v) is 5.87. The van der Waals surface area contributed by atoms with Gasteiger partial charge in [0.15, 0.2) is 0 Å². The van der Waals surface area contributed by atoms with Crippen molar-refractivity contribution in [2.24, 2.45) is 5.92 Å². The molecule has 1 saturated carbocycles. The van der Waals surface area contributed by atoms with Crippen LogP contribution in [-0.2, 0) is 9.59 Å². The molecule has 1 fully saturated rings. The average Bonchev–Trinajstić information content (AvgIpc) is 2.72. The molecule has 0 spiro atoms. The molecule has 0 saturated heterocycles. The van der Waals surface area contributed by atoms with Gasteiger partial charge >= 0.3 is 0 Å². The van der Waals surface area contributed by atoms with Gasteiger partial charge in [0.1, 0.15) is 0 Å². The smallest absolute Gasteiger partial charge is 0.295 e. The Labute approximate surface area is 179 Å². The molecule has 1 aliphatic rings. The fourth-order valence-electron chi connectivity index (χ4n) is 4.23. The van der Waals surface area contributed by atoms with Crippen molar-refractivity contribution in [2.75, 3.05) is 0 Å². The lowest BCUT2D eigenvalue weighted by Gasteiger charge is -2.30. The van der Waals surface area contributed by atoms with E-state index in [0.717, 1.165) is 25.7 Å². The predicted octanol–water partition coefficient (Wildman–Crippen LogP) is 3.78. The number of ketones is 2.